The molecule has 2 aliphatic rings. The van der Waals surface area contributed by atoms with Crippen molar-refractivity contribution in [1.82, 2.24) is 15.1 Å². The van der Waals surface area contributed by atoms with Gasteiger partial charge < -0.3 is 25.3 Å². The number of nitrogens with zero attached hydrogens (tertiary/aromatic N) is 3. The van der Waals surface area contributed by atoms with Crippen LogP contribution in [0.1, 0.15) is 31.1 Å². The topological polar surface area (TPSA) is 85.0 Å². The van der Waals surface area contributed by atoms with Gasteiger partial charge in [0.25, 0.3) is 17.7 Å². The molecular formula is C29H28F3N5O3. The standard InChI is InChI=1S/C29H28F3N5O3/c30-22-3-1-2-19(14-22)27(38)34-25-17-20(28(39)36-8-6-33-7-9-36)4-5-26(25)35-10-12-37(13-11-35)29(40)21-15-23(31)18-24(32)16-21/h1-5,14-18,33H,6-13H2,(H,34,38). The first-order valence-corrected chi connectivity index (χ1v) is 13.0. The van der Waals surface area contributed by atoms with Crippen LogP contribution in [-0.4, -0.2) is 79.9 Å². The van der Waals surface area contributed by atoms with Crippen LogP contribution in [0.15, 0.2) is 60.7 Å². The number of hydrogen-bond acceptors (Lipinski definition) is 5. The molecule has 0 radical (unpaired) electrons. The molecule has 2 N–H and O–H groups in total. The summed E-state index contributed by atoms with van der Waals surface area (Å²) in [6, 6.07) is 13.1. The largest absolute Gasteiger partial charge is 0.366 e. The predicted octanol–water partition coefficient (Wildman–Crippen LogP) is 3.36. The molecule has 3 aromatic rings. The molecule has 0 aliphatic carbocycles. The van der Waals surface area contributed by atoms with Crippen LogP contribution in [0, 0.1) is 17.5 Å². The van der Waals surface area contributed by atoms with Crippen molar-refractivity contribution >= 4 is 29.1 Å². The quantitative estimate of drug-likeness (QED) is 0.508. The van der Waals surface area contributed by atoms with Crippen molar-refractivity contribution in [2.24, 2.45) is 0 Å². The second kappa shape index (κ2) is 11.8. The van der Waals surface area contributed by atoms with Crippen molar-refractivity contribution in [3.05, 3.63) is 94.8 Å². The molecule has 0 unspecified atom stereocenters. The number of amides is 3. The van der Waals surface area contributed by atoms with Crippen LogP contribution in [0.25, 0.3) is 0 Å². The Kier molecular flexibility index (Phi) is 8.01. The Bertz CT molecular complexity index is 1420. The maximum atomic E-state index is 13.8. The first-order valence-electron chi connectivity index (χ1n) is 13.0. The minimum Gasteiger partial charge on any atom is -0.366 e. The molecule has 2 aliphatic heterocycles. The van der Waals surface area contributed by atoms with Gasteiger partial charge in [-0.3, -0.25) is 14.4 Å². The fourth-order valence-corrected chi connectivity index (χ4v) is 4.93. The van der Waals surface area contributed by atoms with Crippen molar-refractivity contribution in [3.8, 4) is 0 Å². The second-order valence-electron chi connectivity index (χ2n) is 9.68. The number of piperazine rings is 2. The van der Waals surface area contributed by atoms with Gasteiger partial charge in [0.2, 0.25) is 0 Å². The van der Waals surface area contributed by atoms with Crippen molar-refractivity contribution in [3.63, 3.8) is 0 Å². The molecule has 0 aromatic heterocycles. The van der Waals surface area contributed by atoms with Gasteiger partial charge >= 0.3 is 0 Å². The Hall–Kier alpha value is -4.38. The van der Waals surface area contributed by atoms with Gasteiger partial charge in [-0.2, -0.15) is 0 Å². The van der Waals surface area contributed by atoms with E-state index >= 15 is 0 Å². The van der Waals surface area contributed by atoms with Crippen LogP contribution < -0.4 is 15.5 Å². The molecule has 0 saturated carbocycles. The lowest BCUT2D eigenvalue weighted by Gasteiger charge is -2.37. The van der Waals surface area contributed by atoms with E-state index < -0.39 is 29.3 Å². The van der Waals surface area contributed by atoms with E-state index in [0.29, 0.717) is 62.3 Å². The van der Waals surface area contributed by atoms with Crippen molar-refractivity contribution < 1.29 is 27.6 Å². The average molecular weight is 552 g/mol. The van der Waals surface area contributed by atoms with Crippen LogP contribution in [-0.2, 0) is 0 Å². The van der Waals surface area contributed by atoms with Crippen molar-refractivity contribution in [1.29, 1.82) is 0 Å². The predicted molar refractivity (Wildman–Crippen MR) is 144 cm³/mol. The Morgan fingerprint density at radius 2 is 1.27 bits per heavy atom. The molecule has 0 bridgehead atoms. The van der Waals surface area contributed by atoms with E-state index in [4.69, 9.17) is 0 Å². The third-order valence-corrected chi connectivity index (χ3v) is 7.00. The molecule has 3 aromatic carbocycles. The first kappa shape index (κ1) is 27.2. The van der Waals surface area contributed by atoms with Gasteiger partial charge in [0.1, 0.15) is 17.5 Å². The Morgan fingerprint density at radius 3 is 1.95 bits per heavy atom. The normalized spacial score (nSPS) is 15.6. The molecule has 2 saturated heterocycles. The van der Waals surface area contributed by atoms with Crippen molar-refractivity contribution in [2.75, 3.05) is 62.6 Å². The van der Waals surface area contributed by atoms with Gasteiger partial charge in [0.15, 0.2) is 0 Å². The van der Waals surface area contributed by atoms with Gasteiger partial charge in [-0.1, -0.05) is 6.07 Å². The summed E-state index contributed by atoms with van der Waals surface area (Å²) in [4.78, 5) is 44.2. The fraction of sp³-hybridized carbons (Fsp3) is 0.276. The van der Waals surface area contributed by atoms with Crippen LogP contribution in [0.5, 0.6) is 0 Å². The molecule has 11 heteroatoms. The summed E-state index contributed by atoms with van der Waals surface area (Å²) in [5.41, 5.74) is 1.47. The van der Waals surface area contributed by atoms with E-state index in [2.05, 4.69) is 10.6 Å². The number of carbonyl (C=O) groups is 3. The maximum Gasteiger partial charge on any atom is 0.255 e. The maximum absolute atomic E-state index is 13.8. The average Bonchev–Trinajstić information content (AvgIpc) is 2.96. The van der Waals surface area contributed by atoms with E-state index in [9.17, 15) is 27.6 Å². The highest BCUT2D eigenvalue weighted by Crippen LogP contribution is 2.30. The van der Waals surface area contributed by atoms with Gasteiger partial charge in [-0.25, -0.2) is 13.2 Å². The van der Waals surface area contributed by atoms with E-state index in [1.165, 1.54) is 23.1 Å². The molecular weight excluding hydrogens is 523 g/mol. The molecule has 0 atom stereocenters. The third kappa shape index (κ3) is 6.09. The highest BCUT2D eigenvalue weighted by Gasteiger charge is 2.26. The van der Waals surface area contributed by atoms with Crippen molar-refractivity contribution in [2.45, 2.75) is 0 Å². The molecule has 2 heterocycles. The molecule has 40 heavy (non-hydrogen) atoms. The Morgan fingerprint density at radius 1 is 0.650 bits per heavy atom. The molecule has 2 fully saturated rings. The van der Waals surface area contributed by atoms with Gasteiger partial charge in [-0.15, -0.1) is 0 Å². The number of hydrogen-bond donors (Lipinski definition) is 2. The summed E-state index contributed by atoms with van der Waals surface area (Å²) in [6.07, 6.45) is 0. The SMILES string of the molecule is O=C(Nc1cc(C(=O)N2CCNCC2)ccc1N1CCN(C(=O)c2cc(F)cc(F)c2)CC1)c1cccc(F)c1. The lowest BCUT2D eigenvalue weighted by atomic mass is 10.1. The van der Waals surface area contributed by atoms with Crippen LogP contribution in [0.3, 0.4) is 0 Å². The number of halogens is 3. The van der Waals surface area contributed by atoms with Crippen LogP contribution in [0.4, 0.5) is 24.5 Å². The zero-order chi connectivity index (χ0) is 28.2. The van der Waals surface area contributed by atoms with Crippen LogP contribution in [0.2, 0.25) is 0 Å². The van der Waals surface area contributed by atoms with Gasteiger partial charge in [0.05, 0.1) is 11.4 Å². The highest BCUT2D eigenvalue weighted by atomic mass is 19.1. The number of benzene rings is 3. The smallest absolute Gasteiger partial charge is 0.255 e. The second-order valence-corrected chi connectivity index (χ2v) is 9.68. The zero-order valence-corrected chi connectivity index (χ0v) is 21.6. The van der Waals surface area contributed by atoms with Gasteiger partial charge in [-0.05, 0) is 48.5 Å². The summed E-state index contributed by atoms with van der Waals surface area (Å²) >= 11 is 0. The lowest BCUT2D eigenvalue weighted by Crippen LogP contribution is -2.49. The molecule has 208 valence electrons. The van der Waals surface area contributed by atoms with Gasteiger partial charge in [0, 0.05) is 75.1 Å². The number of rotatable bonds is 5. The number of carbonyl (C=O) groups excluding carboxylic acids is 3. The molecule has 8 nitrogen and oxygen atoms in total. The summed E-state index contributed by atoms with van der Waals surface area (Å²) in [5, 5.41) is 6.04. The summed E-state index contributed by atoms with van der Waals surface area (Å²) in [5.74, 6) is -3.36. The minimum atomic E-state index is -0.823. The Balaban J connectivity index is 1.37. The first-order chi connectivity index (χ1) is 19.3. The minimum absolute atomic E-state index is 0.0650. The van der Waals surface area contributed by atoms with E-state index in [1.54, 1.807) is 23.1 Å². The lowest BCUT2D eigenvalue weighted by molar-refractivity contribution is 0.0731. The van der Waals surface area contributed by atoms with Crippen LogP contribution >= 0.6 is 0 Å². The fourth-order valence-electron chi connectivity index (χ4n) is 4.93. The van der Waals surface area contributed by atoms with E-state index in [0.717, 1.165) is 18.2 Å². The molecule has 0 spiro atoms. The van der Waals surface area contributed by atoms with E-state index in [1.807, 2.05) is 4.90 Å². The summed E-state index contributed by atoms with van der Waals surface area (Å²) < 4.78 is 41.0. The molecule has 3 amide bonds. The number of nitrogens with one attached hydrogen (secondary N) is 2. The summed E-state index contributed by atoms with van der Waals surface area (Å²) in [7, 11) is 0. The van der Waals surface area contributed by atoms with E-state index in [-0.39, 0.29) is 30.1 Å². The molecule has 5 rings (SSSR count). The third-order valence-electron chi connectivity index (χ3n) is 7.00. The summed E-state index contributed by atoms with van der Waals surface area (Å²) in [6.45, 7) is 3.81. The Labute approximate surface area is 229 Å². The monoisotopic (exact) mass is 551 g/mol. The number of anilines is 2. The zero-order valence-electron chi connectivity index (χ0n) is 21.6. The highest BCUT2D eigenvalue weighted by molar-refractivity contribution is 6.07.